The minimum atomic E-state index is -2.30. The Kier molecular flexibility index (Phi) is 3.18. The Balaban J connectivity index is 2.87. The van der Waals surface area contributed by atoms with Gasteiger partial charge in [0, 0.05) is 6.04 Å². The zero-order valence-electron chi connectivity index (χ0n) is 8.20. The number of amides is 4. The van der Waals surface area contributed by atoms with Crippen molar-refractivity contribution >= 4 is 17.8 Å². The summed E-state index contributed by atoms with van der Waals surface area (Å²) in [6.07, 6.45) is -0.440. The predicted molar refractivity (Wildman–Crippen MR) is 49.6 cm³/mol. The van der Waals surface area contributed by atoms with Gasteiger partial charge in [-0.2, -0.15) is 0 Å². The molecule has 6 heteroatoms. The Morgan fingerprint density at radius 3 is 2.73 bits per heavy atom. The molecule has 5 nitrogen and oxygen atoms in total. The number of carbonyl (C=O) groups excluding carboxylic acids is 3. The average Bonchev–Trinajstić information content (AvgIpc) is 2.15. The molecule has 0 bridgehead atoms. The van der Waals surface area contributed by atoms with Crippen molar-refractivity contribution in [2.75, 3.05) is 0 Å². The number of hydrogen-bond donors (Lipinski definition) is 1. The van der Waals surface area contributed by atoms with E-state index in [-0.39, 0.29) is 0 Å². The summed E-state index contributed by atoms with van der Waals surface area (Å²) in [5.74, 6) is -2.31. The largest absolute Gasteiger partial charge is 0.331 e. The van der Waals surface area contributed by atoms with E-state index in [4.69, 9.17) is 0 Å². The first-order valence-corrected chi connectivity index (χ1v) is 4.42. The predicted octanol–water partition coefficient (Wildman–Crippen LogP) is 0.367. The fourth-order valence-electron chi connectivity index (χ4n) is 1.33. The molecule has 0 aliphatic carbocycles. The molecule has 0 aromatic heterocycles. The summed E-state index contributed by atoms with van der Waals surface area (Å²) < 4.78 is 13.0. The van der Waals surface area contributed by atoms with Crippen LogP contribution in [0, 0.1) is 0 Å². The van der Waals surface area contributed by atoms with E-state index < -0.39 is 30.1 Å². The lowest BCUT2D eigenvalue weighted by molar-refractivity contribution is -0.145. The molecular formula is C9H11FN2O3. The molecule has 2 atom stereocenters. The van der Waals surface area contributed by atoms with Crippen molar-refractivity contribution in [3.63, 3.8) is 0 Å². The second-order valence-electron chi connectivity index (χ2n) is 3.24. The van der Waals surface area contributed by atoms with Gasteiger partial charge >= 0.3 is 6.03 Å². The van der Waals surface area contributed by atoms with Crippen LogP contribution in [0.4, 0.5) is 9.18 Å². The molecule has 1 N–H and O–H groups in total. The normalized spacial score (nSPS) is 23.7. The van der Waals surface area contributed by atoms with Gasteiger partial charge in [0.25, 0.3) is 18.0 Å². The molecule has 1 fully saturated rings. The lowest BCUT2D eigenvalue weighted by Crippen LogP contribution is -2.61. The van der Waals surface area contributed by atoms with Crippen molar-refractivity contribution in [1.29, 1.82) is 0 Å². The number of rotatable bonds is 3. The topological polar surface area (TPSA) is 66.5 Å². The number of nitrogens with one attached hydrogen (secondary N) is 1. The number of hydrogen-bond acceptors (Lipinski definition) is 3. The Bertz CT molecular complexity index is 329. The molecule has 0 saturated carbocycles. The lowest BCUT2D eigenvalue weighted by Gasteiger charge is -2.30. The highest BCUT2D eigenvalue weighted by Gasteiger charge is 2.42. The minimum Gasteiger partial charge on any atom is -0.275 e. The molecule has 2 unspecified atom stereocenters. The quantitative estimate of drug-likeness (QED) is 0.545. The Morgan fingerprint density at radius 2 is 2.20 bits per heavy atom. The third-order valence-corrected chi connectivity index (χ3v) is 2.08. The fourth-order valence-corrected chi connectivity index (χ4v) is 1.33. The molecule has 1 heterocycles. The van der Waals surface area contributed by atoms with Crippen LogP contribution < -0.4 is 5.32 Å². The van der Waals surface area contributed by atoms with Crippen LogP contribution in [0.5, 0.6) is 0 Å². The second-order valence-corrected chi connectivity index (χ2v) is 3.24. The molecule has 0 spiro atoms. The van der Waals surface area contributed by atoms with Crippen LogP contribution in [0.2, 0.25) is 0 Å². The number of carbonyl (C=O) groups is 3. The van der Waals surface area contributed by atoms with Gasteiger partial charge in [-0.15, -0.1) is 6.58 Å². The number of halogens is 1. The maximum atomic E-state index is 13.0. The van der Waals surface area contributed by atoms with E-state index >= 15 is 0 Å². The number of urea groups is 1. The van der Waals surface area contributed by atoms with Gasteiger partial charge in [-0.1, -0.05) is 6.08 Å². The van der Waals surface area contributed by atoms with E-state index in [9.17, 15) is 18.8 Å². The smallest absolute Gasteiger partial charge is 0.275 e. The van der Waals surface area contributed by atoms with Gasteiger partial charge in [-0.25, -0.2) is 9.18 Å². The van der Waals surface area contributed by atoms with Crippen LogP contribution in [0.15, 0.2) is 12.7 Å². The summed E-state index contributed by atoms with van der Waals surface area (Å²) >= 11 is 0. The highest BCUT2D eigenvalue weighted by Crippen LogP contribution is 2.13. The maximum absolute atomic E-state index is 13.0. The SMILES string of the molecule is C=CCC(C)N1C(=O)NC(=O)C(F)C1=O. The molecule has 4 amide bonds. The van der Waals surface area contributed by atoms with E-state index in [2.05, 4.69) is 6.58 Å². The molecule has 0 aromatic rings. The summed E-state index contributed by atoms with van der Waals surface area (Å²) in [5.41, 5.74) is 0. The molecule has 0 aromatic carbocycles. The molecule has 1 aliphatic heterocycles. The van der Waals surface area contributed by atoms with E-state index in [1.54, 1.807) is 12.2 Å². The highest BCUT2D eigenvalue weighted by molar-refractivity contribution is 6.18. The van der Waals surface area contributed by atoms with Gasteiger partial charge in [0.15, 0.2) is 0 Å². The second kappa shape index (κ2) is 4.20. The molecule has 1 saturated heterocycles. The van der Waals surface area contributed by atoms with Gasteiger partial charge in [-0.05, 0) is 13.3 Å². The molecule has 0 radical (unpaired) electrons. The lowest BCUT2D eigenvalue weighted by atomic mass is 10.1. The zero-order valence-corrected chi connectivity index (χ0v) is 8.20. The summed E-state index contributed by atoms with van der Waals surface area (Å²) in [5, 5.41) is 1.77. The van der Waals surface area contributed by atoms with Crippen molar-refractivity contribution in [3.05, 3.63) is 12.7 Å². The number of imide groups is 2. The fraction of sp³-hybridized carbons (Fsp3) is 0.444. The summed E-state index contributed by atoms with van der Waals surface area (Å²) in [6, 6.07) is -1.39. The summed E-state index contributed by atoms with van der Waals surface area (Å²) in [7, 11) is 0. The van der Waals surface area contributed by atoms with Gasteiger partial charge in [0.05, 0.1) is 0 Å². The number of barbiturate groups is 1. The Morgan fingerprint density at radius 1 is 1.60 bits per heavy atom. The van der Waals surface area contributed by atoms with Crippen LogP contribution >= 0.6 is 0 Å². The van der Waals surface area contributed by atoms with Crippen molar-refractivity contribution in [3.8, 4) is 0 Å². The molecule has 15 heavy (non-hydrogen) atoms. The van der Waals surface area contributed by atoms with Crippen molar-refractivity contribution in [2.24, 2.45) is 0 Å². The van der Waals surface area contributed by atoms with Gasteiger partial charge in [0.2, 0.25) is 0 Å². The summed E-state index contributed by atoms with van der Waals surface area (Å²) in [4.78, 5) is 34.0. The minimum absolute atomic E-state index is 0.347. The van der Waals surface area contributed by atoms with Gasteiger partial charge in [-0.3, -0.25) is 19.8 Å². The standard InChI is InChI=1S/C9H11FN2O3/c1-3-4-5(2)12-8(14)6(10)7(13)11-9(12)15/h3,5-6H,1,4H2,2H3,(H,11,13,15). The van der Waals surface area contributed by atoms with Crippen molar-refractivity contribution < 1.29 is 18.8 Å². The van der Waals surface area contributed by atoms with Crippen LogP contribution in [-0.4, -0.2) is 35.0 Å². The third kappa shape index (κ3) is 2.03. The zero-order chi connectivity index (χ0) is 11.6. The highest BCUT2D eigenvalue weighted by atomic mass is 19.1. The number of alkyl halides is 1. The van der Waals surface area contributed by atoms with Gasteiger partial charge < -0.3 is 0 Å². The Labute approximate surface area is 85.9 Å². The van der Waals surface area contributed by atoms with Crippen LogP contribution in [0.1, 0.15) is 13.3 Å². The maximum Gasteiger partial charge on any atom is 0.331 e. The van der Waals surface area contributed by atoms with E-state index in [0.29, 0.717) is 11.3 Å². The summed E-state index contributed by atoms with van der Waals surface area (Å²) in [6.45, 7) is 5.02. The monoisotopic (exact) mass is 214 g/mol. The first kappa shape index (κ1) is 11.4. The third-order valence-electron chi connectivity index (χ3n) is 2.08. The Hall–Kier alpha value is -1.72. The van der Waals surface area contributed by atoms with Crippen molar-refractivity contribution in [2.45, 2.75) is 25.6 Å². The first-order chi connectivity index (χ1) is 6.99. The van der Waals surface area contributed by atoms with E-state index in [1.165, 1.54) is 6.08 Å². The van der Waals surface area contributed by atoms with Crippen molar-refractivity contribution in [1.82, 2.24) is 10.2 Å². The van der Waals surface area contributed by atoms with Crippen LogP contribution in [0.3, 0.4) is 0 Å². The molecule has 1 rings (SSSR count). The van der Waals surface area contributed by atoms with E-state index in [0.717, 1.165) is 0 Å². The first-order valence-electron chi connectivity index (χ1n) is 4.42. The van der Waals surface area contributed by atoms with Gasteiger partial charge in [0.1, 0.15) is 0 Å². The van der Waals surface area contributed by atoms with Crippen LogP contribution in [-0.2, 0) is 9.59 Å². The van der Waals surface area contributed by atoms with Crippen LogP contribution in [0.25, 0.3) is 0 Å². The molecular weight excluding hydrogens is 203 g/mol. The number of nitrogens with zero attached hydrogens (tertiary/aromatic N) is 1. The molecule has 82 valence electrons. The molecule has 1 aliphatic rings. The average molecular weight is 214 g/mol. The van der Waals surface area contributed by atoms with E-state index in [1.807, 2.05) is 0 Å².